The lowest BCUT2D eigenvalue weighted by molar-refractivity contribution is -0.152. The van der Waals surface area contributed by atoms with Gasteiger partial charge in [0.1, 0.15) is 6.10 Å². The number of hydrogen-bond acceptors (Lipinski definition) is 3. The van der Waals surface area contributed by atoms with Gasteiger partial charge < -0.3 is 9.84 Å². The summed E-state index contributed by atoms with van der Waals surface area (Å²) in [5.41, 5.74) is 0.640. The van der Waals surface area contributed by atoms with Crippen LogP contribution in [0.15, 0.2) is 30.3 Å². The Morgan fingerprint density at radius 1 is 0.950 bits per heavy atom. The first kappa shape index (κ1) is 12.4. The van der Waals surface area contributed by atoms with E-state index in [1.807, 2.05) is 30.3 Å². The third-order valence-electron chi connectivity index (χ3n) is 5.57. The Balaban J connectivity index is 1.50. The lowest BCUT2D eigenvalue weighted by Gasteiger charge is -2.55. The second-order valence-electron chi connectivity index (χ2n) is 6.71. The molecule has 4 fully saturated rings. The standard InChI is InChI=1S/C17H20O3/c18-15-11-6-13-8-12(15)9-14(7-11)16(13)20-17(19)10-4-2-1-3-5-10/h1-5,11-16,18H,6-9H2. The van der Waals surface area contributed by atoms with Gasteiger partial charge in [0, 0.05) is 0 Å². The minimum atomic E-state index is -0.191. The number of carbonyl (C=O) groups is 1. The van der Waals surface area contributed by atoms with E-state index in [9.17, 15) is 9.90 Å². The van der Waals surface area contributed by atoms with Crippen LogP contribution in [0.2, 0.25) is 0 Å². The van der Waals surface area contributed by atoms with Crippen molar-refractivity contribution in [3.63, 3.8) is 0 Å². The SMILES string of the molecule is O=C(OC1C2CC3CC1CC(C2)C3O)c1ccccc1. The highest BCUT2D eigenvalue weighted by molar-refractivity contribution is 5.89. The molecule has 4 aliphatic rings. The van der Waals surface area contributed by atoms with Gasteiger partial charge in [-0.05, 0) is 61.5 Å². The Labute approximate surface area is 118 Å². The van der Waals surface area contributed by atoms with Crippen LogP contribution in [0.1, 0.15) is 36.0 Å². The maximum absolute atomic E-state index is 12.2. The van der Waals surface area contributed by atoms with Crippen LogP contribution in [0, 0.1) is 23.7 Å². The topological polar surface area (TPSA) is 46.5 Å². The summed E-state index contributed by atoms with van der Waals surface area (Å²) < 4.78 is 5.83. The maximum atomic E-state index is 12.2. The second-order valence-corrected chi connectivity index (χ2v) is 6.71. The lowest BCUT2D eigenvalue weighted by Crippen LogP contribution is -2.55. The van der Waals surface area contributed by atoms with Crippen LogP contribution in [-0.2, 0) is 4.74 Å². The lowest BCUT2D eigenvalue weighted by atomic mass is 9.53. The number of aliphatic hydroxyl groups excluding tert-OH is 1. The van der Waals surface area contributed by atoms with Crippen molar-refractivity contribution in [2.24, 2.45) is 23.7 Å². The van der Waals surface area contributed by atoms with Crippen molar-refractivity contribution in [1.29, 1.82) is 0 Å². The first-order valence-electron chi connectivity index (χ1n) is 7.66. The second kappa shape index (κ2) is 4.59. The maximum Gasteiger partial charge on any atom is 0.338 e. The summed E-state index contributed by atoms with van der Waals surface area (Å²) >= 11 is 0. The summed E-state index contributed by atoms with van der Waals surface area (Å²) in [4.78, 5) is 12.2. The average Bonchev–Trinajstić information content (AvgIpc) is 2.46. The Morgan fingerprint density at radius 2 is 1.50 bits per heavy atom. The Bertz CT molecular complexity index is 480. The molecular weight excluding hydrogens is 252 g/mol. The molecule has 0 amide bonds. The molecule has 4 bridgehead atoms. The summed E-state index contributed by atoms with van der Waals surface area (Å²) in [7, 11) is 0. The third-order valence-corrected chi connectivity index (χ3v) is 5.57. The molecule has 3 nitrogen and oxygen atoms in total. The molecule has 0 heterocycles. The van der Waals surface area contributed by atoms with Gasteiger partial charge >= 0.3 is 5.97 Å². The Kier molecular flexibility index (Phi) is 2.84. The molecule has 3 heteroatoms. The van der Waals surface area contributed by atoms with Crippen molar-refractivity contribution in [1.82, 2.24) is 0 Å². The summed E-state index contributed by atoms with van der Waals surface area (Å²) in [5, 5.41) is 10.2. The van der Waals surface area contributed by atoms with E-state index in [1.165, 1.54) is 0 Å². The van der Waals surface area contributed by atoms with Gasteiger partial charge in [-0.3, -0.25) is 0 Å². The fraction of sp³-hybridized carbons (Fsp3) is 0.588. The number of rotatable bonds is 2. The first-order chi connectivity index (χ1) is 9.72. The number of esters is 1. The van der Waals surface area contributed by atoms with E-state index in [2.05, 4.69) is 0 Å². The minimum Gasteiger partial charge on any atom is -0.458 e. The number of carbonyl (C=O) groups excluding carboxylic acids is 1. The monoisotopic (exact) mass is 272 g/mol. The van der Waals surface area contributed by atoms with Crippen molar-refractivity contribution in [3.05, 3.63) is 35.9 Å². The van der Waals surface area contributed by atoms with Gasteiger partial charge in [-0.25, -0.2) is 4.79 Å². The zero-order valence-corrected chi connectivity index (χ0v) is 11.4. The van der Waals surface area contributed by atoms with Crippen molar-refractivity contribution >= 4 is 5.97 Å². The third kappa shape index (κ3) is 1.87. The van der Waals surface area contributed by atoms with Crippen LogP contribution in [0.25, 0.3) is 0 Å². The Morgan fingerprint density at radius 3 is 2.05 bits per heavy atom. The molecule has 0 aromatic heterocycles. The van der Waals surface area contributed by atoms with Gasteiger partial charge in [-0.1, -0.05) is 18.2 Å². The van der Waals surface area contributed by atoms with E-state index in [1.54, 1.807) is 0 Å². The number of hydrogen-bond donors (Lipinski definition) is 1. The molecule has 1 aromatic carbocycles. The highest BCUT2D eigenvalue weighted by atomic mass is 16.5. The van der Waals surface area contributed by atoms with Crippen LogP contribution in [0.3, 0.4) is 0 Å². The summed E-state index contributed by atoms with van der Waals surface area (Å²) in [6.45, 7) is 0. The largest absolute Gasteiger partial charge is 0.458 e. The number of benzene rings is 1. The first-order valence-corrected chi connectivity index (χ1v) is 7.66. The number of aliphatic hydroxyl groups is 1. The predicted molar refractivity (Wildman–Crippen MR) is 74.1 cm³/mol. The molecule has 1 N–H and O–H groups in total. The molecule has 0 spiro atoms. The molecule has 5 rings (SSSR count). The summed E-state index contributed by atoms with van der Waals surface area (Å²) in [6, 6.07) is 9.25. The average molecular weight is 272 g/mol. The molecule has 0 radical (unpaired) electrons. The molecule has 106 valence electrons. The van der Waals surface area contributed by atoms with Gasteiger partial charge in [-0.2, -0.15) is 0 Å². The molecule has 4 aliphatic carbocycles. The van der Waals surface area contributed by atoms with Crippen LogP contribution in [0.5, 0.6) is 0 Å². The molecule has 0 atom stereocenters. The number of ether oxygens (including phenoxy) is 1. The molecule has 0 unspecified atom stereocenters. The van der Waals surface area contributed by atoms with E-state index >= 15 is 0 Å². The van der Waals surface area contributed by atoms with E-state index in [4.69, 9.17) is 4.74 Å². The highest BCUT2D eigenvalue weighted by Gasteiger charge is 2.53. The Hall–Kier alpha value is -1.35. The van der Waals surface area contributed by atoms with E-state index in [0.29, 0.717) is 29.2 Å². The zero-order valence-electron chi connectivity index (χ0n) is 11.4. The molecule has 1 aromatic rings. The van der Waals surface area contributed by atoms with Crippen molar-refractivity contribution in [2.45, 2.75) is 37.9 Å². The fourth-order valence-electron chi connectivity index (χ4n) is 4.76. The summed E-state index contributed by atoms with van der Waals surface area (Å²) in [5.74, 6) is 1.64. The van der Waals surface area contributed by atoms with Gasteiger partial charge in [0.25, 0.3) is 0 Å². The van der Waals surface area contributed by atoms with Crippen LogP contribution >= 0.6 is 0 Å². The zero-order chi connectivity index (χ0) is 13.7. The van der Waals surface area contributed by atoms with Crippen LogP contribution in [0.4, 0.5) is 0 Å². The molecule has 4 saturated carbocycles. The highest BCUT2D eigenvalue weighted by Crippen LogP contribution is 2.54. The van der Waals surface area contributed by atoms with Crippen molar-refractivity contribution < 1.29 is 14.6 Å². The quantitative estimate of drug-likeness (QED) is 0.842. The fourth-order valence-corrected chi connectivity index (χ4v) is 4.76. The molecular formula is C17H20O3. The van der Waals surface area contributed by atoms with E-state index in [0.717, 1.165) is 25.7 Å². The van der Waals surface area contributed by atoms with E-state index in [-0.39, 0.29) is 18.2 Å². The predicted octanol–water partition coefficient (Wildman–Crippen LogP) is 2.64. The normalized spacial score (nSPS) is 41.6. The van der Waals surface area contributed by atoms with E-state index < -0.39 is 0 Å². The molecule has 20 heavy (non-hydrogen) atoms. The molecule has 0 saturated heterocycles. The molecule has 0 aliphatic heterocycles. The van der Waals surface area contributed by atoms with Crippen molar-refractivity contribution in [3.8, 4) is 0 Å². The smallest absolute Gasteiger partial charge is 0.338 e. The van der Waals surface area contributed by atoms with Crippen LogP contribution in [-0.4, -0.2) is 23.3 Å². The van der Waals surface area contributed by atoms with Gasteiger partial charge in [0.15, 0.2) is 0 Å². The minimum absolute atomic E-state index is 0.0720. The van der Waals surface area contributed by atoms with Gasteiger partial charge in [-0.15, -0.1) is 0 Å². The van der Waals surface area contributed by atoms with Crippen LogP contribution < -0.4 is 0 Å². The van der Waals surface area contributed by atoms with Gasteiger partial charge in [0.2, 0.25) is 0 Å². The summed E-state index contributed by atoms with van der Waals surface area (Å²) in [6.07, 6.45) is 4.08. The van der Waals surface area contributed by atoms with Gasteiger partial charge in [0.05, 0.1) is 11.7 Å². The van der Waals surface area contributed by atoms with Crippen molar-refractivity contribution in [2.75, 3.05) is 0 Å².